The molecule has 0 spiro atoms. The molecule has 186 valence electrons. The first-order valence-electron chi connectivity index (χ1n) is 14.2. The van der Waals surface area contributed by atoms with Gasteiger partial charge in [-0.3, -0.25) is 0 Å². The Morgan fingerprint density at radius 3 is 2.26 bits per heavy atom. The maximum atomic E-state index is 14.8. The largest absolute Gasteiger partial charge is 0.454 e. The lowest BCUT2D eigenvalue weighted by Gasteiger charge is -2.12. The first kappa shape index (κ1) is 20.0. The molecule has 0 saturated heterocycles. The van der Waals surface area contributed by atoms with Gasteiger partial charge in [-0.2, -0.15) is 9.83 Å². The summed E-state index contributed by atoms with van der Waals surface area (Å²) in [5, 5.41) is 16.2. The summed E-state index contributed by atoms with van der Waals surface area (Å²) in [6, 6.07) is 29.8. The van der Waals surface area contributed by atoms with Gasteiger partial charge in [0.15, 0.2) is 5.82 Å². The fourth-order valence-corrected chi connectivity index (χ4v) is 5.81. The van der Waals surface area contributed by atoms with Gasteiger partial charge in [-0.25, -0.2) is 4.39 Å². The predicted molar refractivity (Wildman–Crippen MR) is 155 cm³/mol. The highest BCUT2D eigenvalue weighted by Gasteiger charge is 2.25. The van der Waals surface area contributed by atoms with E-state index in [4.69, 9.17) is 8.53 Å². The van der Waals surface area contributed by atoms with Crippen molar-refractivity contribution in [3.05, 3.63) is 114 Å². The van der Waals surface area contributed by atoms with E-state index in [1.54, 1.807) is 11.6 Å². The van der Waals surface area contributed by atoms with E-state index >= 15 is 0 Å². The Bertz CT molecular complexity index is 2290. The van der Waals surface area contributed by atoms with Crippen LogP contribution >= 0.6 is 0 Å². The second-order valence-electron chi connectivity index (χ2n) is 9.93. The van der Waals surface area contributed by atoms with Crippen LogP contribution in [0.1, 0.15) is 20.8 Å². The van der Waals surface area contributed by atoms with Gasteiger partial charge in [0.25, 0.3) is 0 Å². The molecule has 0 aliphatic carbocycles. The van der Waals surface area contributed by atoms with E-state index < -0.39 is 12.7 Å². The predicted octanol–water partition coefficient (Wildman–Crippen LogP) is 8.68. The molecule has 0 unspecified atom stereocenters. The van der Waals surface area contributed by atoms with E-state index in [-0.39, 0.29) is 5.56 Å². The molecule has 3 nitrogen and oxygen atoms in total. The normalized spacial score (nSPS) is 13.0. The van der Waals surface area contributed by atoms with Crippen LogP contribution in [0.3, 0.4) is 0 Å². The zero-order valence-electron chi connectivity index (χ0n) is 24.3. The number of rotatable bonds is 2. The summed E-state index contributed by atoms with van der Waals surface area (Å²) in [6.45, 7) is -0.701. The van der Waals surface area contributed by atoms with Crippen LogP contribution < -0.4 is 4.57 Å². The summed E-state index contributed by atoms with van der Waals surface area (Å²) >= 11 is 0. The maximum Gasteiger partial charge on any atom is 0.216 e. The minimum atomic E-state index is -2.62. The molecule has 0 N–H and O–H groups in total. The minimum absolute atomic E-state index is 0.349. The Morgan fingerprint density at radius 2 is 1.49 bits per heavy atom. The molecular weight excluding hydrogens is 483 g/mol. The van der Waals surface area contributed by atoms with Gasteiger partial charge in [0.05, 0.1) is 17.2 Å². The number of hydrogen-bond donors (Lipinski definition) is 0. The standard InChI is InChI=1S/C35H24FN2O/c1-20-12-14-27-28-15-13-23(18-37)33(29-17-22-8-4-5-9-24(22)25-10-6-7-11-26(25)29)35(28)39-34(27)32(20)31-16-21(2)30(36)19-38(31)3/h4-17,19H,1-3H3/q+1/i2D3. The first-order valence-corrected chi connectivity index (χ1v) is 12.7. The van der Waals surface area contributed by atoms with Crippen LogP contribution in [-0.2, 0) is 7.05 Å². The van der Waals surface area contributed by atoms with E-state index in [1.807, 2.05) is 55.5 Å². The number of aryl methyl sites for hydroxylation is 3. The molecule has 39 heavy (non-hydrogen) atoms. The second-order valence-corrected chi connectivity index (χ2v) is 9.93. The number of benzene rings is 5. The van der Waals surface area contributed by atoms with Crippen LogP contribution in [0.4, 0.5) is 4.39 Å². The van der Waals surface area contributed by atoms with Gasteiger partial charge in [0.2, 0.25) is 11.9 Å². The molecule has 4 heteroatoms. The van der Waals surface area contributed by atoms with Gasteiger partial charge in [0, 0.05) is 26.5 Å². The molecule has 7 aromatic rings. The van der Waals surface area contributed by atoms with Crippen LogP contribution in [-0.4, -0.2) is 0 Å². The topological polar surface area (TPSA) is 40.8 Å². The lowest BCUT2D eigenvalue weighted by atomic mass is 9.90. The van der Waals surface area contributed by atoms with Crippen molar-refractivity contribution in [2.24, 2.45) is 7.05 Å². The number of fused-ring (bicyclic) bond motifs is 6. The number of nitrogens with zero attached hydrogens (tertiary/aromatic N) is 2. The molecule has 0 saturated carbocycles. The number of hydrogen-bond acceptors (Lipinski definition) is 2. The quantitative estimate of drug-likeness (QED) is 0.172. The Labute approximate surface area is 229 Å². The molecular formula is C35H24FN2O+. The third-order valence-corrected chi connectivity index (χ3v) is 7.66. The Morgan fingerprint density at radius 1 is 0.795 bits per heavy atom. The second kappa shape index (κ2) is 8.51. The van der Waals surface area contributed by atoms with Crippen molar-refractivity contribution in [3.8, 4) is 28.5 Å². The van der Waals surface area contributed by atoms with Gasteiger partial charge in [-0.1, -0.05) is 60.7 Å². The SMILES string of the molecule is [2H]C([2H])([2H])c1cc(-c2c(C)ccc3c2oc2c(-c4cc5ccccc5c5ccccc45)c(C#N)ccc23)[n+](C)cc1F. The van der Waals surface area contributed by atoms with Crippen molar-refractivity contribution >= 4 is 43.5 Å². The summed E-state index contributed by atoms with van der Waals surface area (Å²) < 4.78 is 46.7. The minimum Gasteiger partial charge on any atom is -0.454 e. The van der Waals surface area contributed by atoms with Gasteiger partial charge >= 0.3 is 0 Å². The molecule has 2 aromatic heterocycles. The molecule has 0 atom stereocenters. The highest BCUT2D eigenvalue weighted by atomic mass is 19.1. The van der Waals surface area contributed by atoms with Crippen LogP contribution in [0.15, 0.2) is 95.5 Å². The lowest BCUT2D eigenvalue weighted by Crippen LogP contribution is -2.31. The van der Waals surface area contributed by atoms with Crippen molar-refractivity contribution < 1.29 is 17.5 Å². The molecule has 5 aromatic carbocycles. The third-order valence-electron chi connectivity index (χ3n) is 7.66. The van der Waals surface area contributed by atoms with Crippen LogP contribution in [0.5, 0.6) is 0 Å². The van der Waals surface area contributed by atoms with Crippen molar-refractivity contribution in [3.63, 3.8) is 0 Å². The van der Waals surface area contributed by atoms with Crippen LogP contribution in [0, 0.1) is 30.9 Å². The molecule has 0 amide bonds. The monoisotopic (exact) mass is 510 g/mol. The van der Waals surface area contributed by atoms with Crippen molar-refractivity contribution in [1.29, 1.82) is 5.26 Å². The average molecular weight is 511 g/mol. The molecule has 0 bridgehead atoms. The first-order chi connectivity index (χ1) is 20.2. The molecule has 7 rings (SSSR count). The van der Waals surface area contributed by atoms with Gasteiger partial charge < -0.3 is 4.42 Å². The molecule has 0 aliphatic heterocycles. The molecule has 0 aliphatic rings. The maximum absolute atomic E-state index is 14.8. The number of furan rings is 1. The fourth-order valence-electron chi connectivity index (χ4n) is 5.81. The Kier molecular flexibility index (Phi) is 4.37. The summed E-state index contributed by atoms with van der Waals surface area (Å²) in [5.41, 5.74) is 4.87. The van der Waals surface area contributed by atoms with Crippen molar-refractivity contribution in [2.75, 3.05) is 0 Å². The number of halogens is 1. The smallest absolute Gasteiger partial charge is 0.216 e. The molecule has 0 radical (unpaired) electrons. The van der Waals surface area contributed by atoms with E-state index in [1.165, 1.54) is 12.3 Å². The molecule has 2 heterocycles. The summed E-state index contributed by atoms with van der Waals surface area (Å²) in [4.78, 5) is 0. The Hall–Kier alpha value is -5.01. The Balaban J connectivity index is 1.61. The van der Waals surface area contributed by atoms with Crippen LogP contribution in [0.25, 0.3) is 65.9 Å². The summed E-state index contributed by atoms with van der Waals surface area (Å²) in [7, 11) is 1.68. The summed E-state index contributed by atoms with van der Waals surface area (Å²) in [6.07, 6.45) is 1.19. The van der Waals surface area contributed by atoms with E-state index in [9.17, 15) is 9.65 Å². The highest BCUT2D eigenvalue weighted by Crippen LogP contribution is 2.44. The van der Waals surface area contributed by atoms with Crippen LogP contribution in [0.2, 0.25) is 0 Å². The fraction of sp³-hybridized carbons (Fsp3) is 0.0857. The average Bonchev–Trinajstić information content (AvgIpc) is 3.34. The van der Waals surface area contributed by atoms with Gasteiger partial charge in [-0.05, 0) is 70.2 Å². The molecule has 0 fully saturated rings. The third kappa shape index (κ3) is 3.37. The highest BCUT2D eigenvalue weighted by molar-refractivity contribution is 6.19. The van der Waals surface area contributed by atoms with Gasteiger partial charge in [-0.15, -0.1) is 0 Å². The van der Waals surface area contributed by atoms with Crippen molar-refractivity contribution in [2.45, 2.75) is 13.8 Å². The number of pyridine rings is 1. The number of aromatic nitrogens is 1. The van der Waals surface area contributed by atoms with Gasteiger partial charge in [0.1, 0.15) is 18.2 Å². The van der Waals surface area contributed by atoms with E-state index in [0.29, 0.717) is 33.6 Å². The van der Waals surface area contributed by atoms with E-state index in [0.717, 1.165) is 43.4 Å². The number of nitriles is 1. The lowest BCUT2D eigenvalue weighted by molar-refractivity contribution is -0.662. The zero-order chi connectivity index (χ0) is 29.3. The zero-order valence-corrected chi connectivity index (χ0v) is 21.3. The van der Waals surface area contributed by atoms with Crippen molar-refractivity contribution in [1.82, 2.24) is 0 Å². The van der Waals surface area contributed by atoms with E-state index in [2.05, 4.69) is 36.4 Å². The summed E-state index contributed by atoms with van der Waals surface area (Å²) in [5.74, 6) is -0.792.